The maximum Gasteiger partial charge on any atom is 0.407 e. The Hall–Kier alpha value is -8.26. The Kier molecular flexibility index (Phi) is 21.6. The molecule has 6 saturated carbocycles. The van der Waals surface area contributed by atoms with E-state index in [9.17, 15) is 9.59 Å². The minimum absolute atomic E-state index is 0.0312. The molecule has 7 aromatic rings. The summed E-state index contributed by atoms with van der Waals surface area (Å²) in [4.78, 5) is 92.2. The average Bonchev–Trinajstić information content (AvgIpc) is 0.978. The van der Waals surface area contributed by atoms with Crippen molar-refractivity contribution in [3.05, 3.63) is 142 Å². The number of amides is 6. The van der Waals surface area contributed by atoms with Crippen molar-refractivity contribution in [2.75, 3.05) is 26.2 Å². The third-order valence-corrected chi connectivity index (χ3v) is 33.1. The van der Waals surface area contributed by atoms with Gasteiger partial charge in [-0.3, -0.25) is 29.0 Å². The molecule has 0 spiro atoms. The fraction of sp³-hybridized carbons (Fsp3) is 0.596. The van der Waals surface area contributed by atoms with Crippen LogP contribution in [0.1, 0.15) is 305 Å². The molecule has 2 heterocycles. The highest BCUT2D eigenvalue weighted by Crippen LogP contribution is 2.70. The first-order valence-corrected chi connectivity index (χ1v) is 46.0. The predicted molar refractivity (Wildman–Crippen MR) is 471 cm³/mol. The van der Waals surface area contributed by atoms with Crippen molar-refractivity contribution in [3.8, 4) is 23.0 Å². The second kappa shape index (κ2) is 31.0. The van der Waals surface area contributed by atoms with Gasteiger partial charge in [0.25, 0.3) is 23.6 Å². The van der Waals surface area contributed by atoms with Crippen LogP contribution in [0.15, 0.2) is 108 Å². The van der Waals surface area contributed by atoms with Crippen molar-refractivity contribution in [2.24, 2.45) is 92.7 Å². The van der Waals surface area contributed by atoms with Crippen molar-refractivity contribution < 1.29 is 47.7 Å². The van der Waals surface area contributed by atoms with Gasteiger partial charge in [-0.1, -0.05) is 209 Å². The number of carbonyl (C=O) groups is 6. The number of nitrogens with zero attached hydrogens (tertiary/aromatic N) is 2. The summed E-state index contributed by atoms with van der Waals surface area (Å²) < 4.78 is 26.7. The molecule has 6 fully saturated rings. The van der Waals surface area contributed by atoms with Gasteiger partial charge in [0.15, 0.2) is 0 Å². The lowest BCUT2D eigenvalue weighted by molar-refractivity contribution is -0.0581. The second-order valence-electron chi connectivity index (χ2n) is 42.7. The third kappa shape index (κ3) is 14.2. The summed E-state index contributed by atoms with van der Waals surface area (Å²) in [7, 11) is 0. The number of rotatable bonds is 22. The van der Waals surface area contributed by atoms with Crippen LogP contribution in [0.2, 0.25) is 0 Å². The van der Waals surface area contributed by atoms with Crippen molar-refractivity contribution in [3.63, 3.8) is 0 Å². The van der Waals surface area contributed by atoms with E-state index in [1.54, 1.807) is 24.3 Å². The molecule has 118 heavy (non-hydrogen) atoms. The lowest BCUT2D eigenvalue weighted by atomic mass is 9.47. The van der Waals surface area contributed by atoms with E-state index in [4.69, 9.17) is 18.9 Å². The molecule has 17 rings (SSSR count). The number of alkyl carbamates (subject to hydrolysis) is 2. The maximum atomic E-state index is 15.6. The second-order valence-corrected chi connectivity index (χ2v) is 42.7. The summed E-state index contributed by atoms with van der Waals surface area (Å²) in [5.41, 5.74) is 6.84. The van der Waals surface area contributed by atoms with Gasteiger partial charge in [-0.15, -0.1) is 0 Å². The fourth-order valence-electron chi connectivity index (χ4n) is 26.8. The molecule has 6 amide bonds. The van der Waals surface area contributed by atoms with Gasteiger partial charge in [0, 0.05) is 82.5 Å². The van der Waals surface area contributed by atoms with Gasteiger partial charge in [0.05, 0.1) is 11.1 Å². The van der Waals surface area contributed by atoms with Gasteiger partial charge in [-0.2, -0.15) is 0 Å². The Morgan fingerprint density at radius 1 is 0.441 bits per heavy atom. The molecular weight excluding hydrogens is 1470 g/mol. The molecule has 16 atom stereocenters. The Labute approximate surface area is 701 Å². The van der Waals surface area contributed by atoms with Gasteiger partial charge in [-0.05, 0) is 264 Å². The molecule has 8 aliphatic carbocycles. The minimum atomic E-state index is -0.566. The van der Waals surface area contributed by atoms with E-state index in [0.717, 1.165) is 110 Å². The smallest absolute Gasteiger partial charge is 0.407 e. The summed E-state index contributed by atoms with van der Waals surface area (Å²) in [6.45, 7) is 37.4. The molecule has 0 bridgehead atoms. The number of ether oxygens (including phenoxy) is 4. The first kappa shape index (κ1) is 82.1. The van der Waals surface area contributed by atoms with Gasteiger partial charge < -0.3 is 29.6 Å². The van der Waals surface area contributed by atoms with E-state index in [2.05, 4.69) is 134 Å². The van der Waals surface area contributed by atoms with Crippen molar-refractivity contribution in [2.45, 2.75) is 275 Å². The summed E-state index contributed by atoms with van der Waals surface area (Å²) in [6.07, 6.45) is 29.1. The molecule has 10 aliphatic rings. The van der Waals surface area contributed by atoms with Crippen LogP contribution in [0.3, 0.4) is 0 Å². The number of allylic oxidation sites excluding steroid dienone is 2. The largest absolute Gasteiger partial charge is 0.457 e. The number of benzene rings is 7. The highest BCUT2D eigenvalue weighted by atomic mass is 16.6. The molecule has 0 radical (unpaired) electrons. The molecule has 14 nitrogen and oxygen atoms in total. The van der Waals surface area contributed by atoms with Crippen molar-refractivity contribution >= 4 is 78.9 Å². The van der Waals surface area contributed by atoms with Crippen LogP contribution in [-0.2, 0) is 20.3 Å². The Bertz CT molecular complexity index is 4850. The third-order valence-electron chi connectivity index (χ3n) is 33.1. The van der Waals surface area contributed by atoms with E-state index in [0.29, 0.717) is 112 Å². The van der Waals surface area contributed by atoms with E-state index in [1.807, 2.05) is 60.7 Å². The maximum absolute atomic E-state index is 15.6. The number of hydrogen-bond donors (Lipinski definition) is 2. The zero-order valence-corrected chi connectivity index (χ0v) is 73.7. The summed E-state index contributed by atoms with van der Waals surface area (Å²) in [5, 5.41) is 10.3. The highest BCUT2D eigenvalue weighted by Gasteiger charge is 2.62. The molecule has 628 valence electrons. The SMILES string of the molecule is CC(C)CCC[C@@H](C)[C@H]1CC[C@H]2[C@@H]3CC=C4CC(OC(=O)NCCN5C(=O)c6ccc7c8c(Oc9ccc(C(C)(C)C)cc9)cc9c%10c(ccc(c%11c(Oc%12ccc(C(C)(C)C)cc%12)cc(c6c7%11)C5=O)c%108)C(=O)N(CCNC(=O)OC5CC[C@@]6(C)C(=CC[C@H]7[C@@H]8CC[C@H]([C@H](C)CCCC(C)C)[C@@]8(C)CC[C@@H]76)C5)C9=O)CC[C@]4(C)[C@H]3CC[C@]12C. The number of nitrogens with one attached hydrogen (secondary N) is 2. The molecule has 14 heteroatoms. The van der Waals surface area contributed by atoms with Crippen molar-refractivity contribution in [1.82, 2.24) is 20.4 Å². The van der Waals surface area contributed by atoms with Crippen LogP contribution in [0, 0.1) is 92.7 Å². The molecule has 7 aromatic carbocycles. The predicted octanol–water partition coefficient (Wildman–Crippen LogP) is 25.4. The summed E-state index contributed by atoms with van der Waals surface area (Å²) in [5.74, 6) is 8.39. The van der Waals surface area contributed by atoms with E-state index >= 15 is 19.2 Å². The number of fused-ring (bicyclic) bond motifs is 12. The standard InChI is InChI=1S/C104H132N4O10/c1-59(2)19-17-21-61(5)79-39-41-81-71-33-27-65-55-69(43-47-101(65,13)83(71)45-49-103(79,81)15)117-97(113)105-51-53-107-93(109)75-37-35-73-90-86(116-68-31-25-64(26-32-68)100(10,11)12)58-78-88-76(38-36-74(92(88)90)89-85(57-77(95(107)111)87(75)91(73)89)115-67-29-23-63(24-30-67)99(7,8)9)94(110)108(96(78)112)54-52-106-98(114)118-70-44-48-102(14)66(56-70)28-34-72-82-42-40-80(62(6)22-18-20-60(3)4)104(82,16)50-46-84(72)102/h23-32,35-38,57-62,69-72,79-84H,17-22,33-34,39-56H2,1-16H3,(H,105,113)(H,106,114)/t61-,62-,69?,70?,71+,72+,79-,80-,81+,82+,83+,84+,101+,102+,103-,104-/m1/s1. The number of carbonyl (C=O) groups excluding carboxylic acids is 6. The number of imide groups is 2. The summed E-state index contributed by atoms with van der Waals surface area (Å²) >= 11 is 0. The average molecular weight is 1600 g/mol. The van der Waals surface area contributed by atoms with E-state index in [1.165, 1.54) is 111 Å². The monoisotopic (exact) mass is 1600 g/mol. The molecule has 2 unspecified atom stereocenters. The minimum Gasteiger partial charge on any atom is -0.457 e. The molecule has 0 saturated heterocycles. The fourth-order valence-corrected chi connectivity index (χ4v) is 26.8. The van der Waals surface area contributed by atoms with Crippen LogP contribution in [0.4, 0.5) is 9.59 Å². The normalized spacial score (nSPS) is 29.7. The topological polar surface area (TPSA) is 170 Å². The van der Waals surface area contributed by atoms with Gasteiger partial charge in [-0.25, -0.2) is 9.59 Å². The zero-order chi connectivity index (χ0) is 83.2. The summed E-state index contributed by atoms with van der Waals surface area (Å²) in [6, 6.07) is 26.5. The van der Waals surface area contributed by atoms with Crippen molar-refractivity contribution in [1.29, 1.82) is 0 Å². The first-order chi connectivity index (χ1) is 56.2. The van der Waals surface area contributed by atoms with Crippen LogP contribution in [0.25, 0.3) is 43.1 Å². The van der Waals surface area contributed by atoms with Crippen LogP contribution < -0.4 is 20.1 Å². The van der Waals surface area contributed by atoms with Gasteiger partial charge in [0.2, 0.25) is 0 Å². The van der Waals surface area contributed by atoms with Crippen LogP contribution in [0.5, 0.6) is 23.0 Å². The molecular formula is C104H132N4O10. The van der Waals surface area contributed by atoms with E-state index in [-0.39, 0.29) is 71.2 Å². The Morgan fingerprint density at radius 3 is 1.19 bits per heavy atom. The van der Waals surface area contributed by atoms with E-state index < -0.39 is 35.8 Å². The molecule has 2 aliphatic heterocycles. The molecule has 2 N–H and O–H groups in total. The Morgan fingerprint density at radius 2 is 0.822 bits per heavy atom. The zero-order valence-electron chi connectivity index (χ0n) is 73.7. The highest BCUT2D eigenvalue weighted by molar-refractivity contribution is 6.43. The quantitative estimate of drug-likeness (QED) is 0.0288. The van der Waals surface area contributed by atoms with Crippen LogP contribution in [-0.4, -0.2) is 84.0 Å². The number of hydrogen-bond acceptors (Lipinski definition) is 10. The Balaban J connectivity index is 0.622. The van der Waals surface area contributed by atoms with Crippen LogP contribution >= 0.6 is 0 Å². The first-order valence-electron chi connectivity index (χ1n) is 46.0. The lowest BCUT2D eigenvalue weighted by Gasteiger charge is -2.58. The molecule has 0 aromatic heterocycles. The van der Waals surface area contributed by atoms with Gasteiger partial charge in [0.1, 0.15) is 35.2 Å². The lowest BCUT2D eigenvalue weighted by Crippen LogP contribution is -2.51. The van der Waals surface area contributed by atoms with Gasteiger partial charge >= 0.3 is 12.2 Å².